The number of halogens is 1. The van der Waals surface area contributed by atoms with Gasteiger partial charge in [-0.3, -0.25) is 9.89 Å². The maximum Gasteiger partial charge on any atom is 0.193 e. The largest absolute Gasteiger partial charge is 0.333 e. The maximum atomic E-state index is 12.5. The van der Waals surface area contributed by atoms with E-state index in [9.17, 15) is 4.79 Å². The highest BCUT2D eigenvalue weighted by molar-refractivity contribution is 7.99. The predicted octanol–water partition coefficient (Wildman–Crippen LogP) is 4.38. The van der Waals surface area contributed by atoms with Crippen LogP contribution >= 0.6 is 23.4 Å². The third-order valence-electron chi connectivity index (χ3n) is 3.74. The van der Waals surface area contributed by atoms with Crippen molar-refractivity contribution in [2.75, 3.05) is 5.75 Å². The minimum atomic E-state index is -0.0337. The number of aromatic nitrogens is 4. The zero-order valence-electron chi connectivity index (χ0n) is 12.8. The van der Waals surface area contributed by atoms with Gasteiger partial charge in [0.25, 0.3) is 0 Å². The number of benzene rings is 2. The number of aromatic amines is 2. The molecule has 0 bridgehead atoms. The minimum absolute atomic E-state index is 0.0337. The number of rotatable bonds is 4. The zero-order chi connectivity index (χ0) is 16.7. The van der Waals surface area contributed by atoms with E-state index in [4.69, 9.17) is 11.6 Å². The van der Waals surface area contributed by atoms with Crippen LogP contribution in [0.1, 0.15) is 16.1 Å². The van der Waals surface area contributed by atoms with E-state index < -0.39 is 0 Å². The summed E-state index contributed by atoms with van der Waals surface area (Å²) in [5.41, 5.74) is 4.16. The Morgan fingerprint density at radius 1 is 1.21 bits per heavy atom. The number of Topliss-reactive ketones (excluding diaryl/α,β-unsaturated/α-hetero) is 1. The van der Waals surface area contributed by atoms with Crippen molar-refractivity contribution in [2.45, 2.75) is 12.1 Å². The summed E-state index contributed by atoms with van der Waals surface area (Å²) in [5, 5.41) is 9.28. The van der Waals surface area contributed by atoms with Gasteiger partial charge in [0, 0.05) is 10.4 Å². The van der Waals surface area contributed by atoms with E-state index in [1.165, 1.54) is 11.8 Å². The van der Waals surface area contributed by atoms with Gasteiger partial charge < -0.3 is 4.98 Å². The molecule has 0 saturated heterocycles. The first-order chi connectivity index (χ1) is 11.6. The van der Waals surface area contributed by atoms with E-state index in [1.54, 1.807) is 6.07 Å². The molecule has 0 aliphatic heterocycles. The van der Waals surface area contributed by atoms with Gasteiger partial charge in [-0.2, -0.15) is 5.10 Å². The van der Waals surface area contributed by atoms with Crippen molar-refractivity contribution < 1.29 is 4.79 Å². The van der Waals surface area contributed by atoms with Crippen molar-refractivity contribution in [2.24, 2.45) is 0 Å². The monoisotopic (exact) mass is 356 g/mol. The van der Waals surface area contributed by atoms with Gasteiger partial charge in [-0.15, -0.1) is 0 Å². The number of carbonyl (C=O) groups excluding carboxylic acids is 1. The number of nitrogens with zero attached hydrogens (tertiary/aromatic N) is 2. The van der Waals surface area contributed by atoms with E-state index in [-0.39, 0.29) is 11.5 Å². The molecule has 0 aliphatic rings. The summed E-state index contributed by atoms with van der Waals surface area (Å²) >= 11 is 7.33. The topological polar surface area (TPSA) is 74.4 Å². The molecule has 2 aromatic heterocycles. The Kier molecular flexibility index (Phi) is 3.78. The lowest BCUT2D eigenvalue weighted by molar-refractivity contribution is 0.101. The van der Waals surface area contributed by atoms with Gasteiger partial charge >= 0.3 is 0 Å². The fraction of sp³-hybridized carbons (Fsp3) is 0.118. The molecule has 0 spiro atoms. The van der Waals surface area contributed by atoms with Crippen LogP contribution in [0.25, 0.3) is 21.9 Å². The first-order valence-corrected chi connectivity index (χ1v) is 8.72. The Bertz CT molecular complexity index is 1070. The smallest absolute Gasteiger partial charge is 0.193 e. The first-order valence-electron chi connectivity index (χ1n) is 7.36. The van der Waals surface area contributed by atoms with Crippen LogP contribution in [0.3, 0.4) is 0 Å². The lowest BCUT2D eigenvalue weighted by atomic mass is 10.1. The zero-order valence-corrected chi connectivity index (χ0v) is 14.3. The van der Waals surface area contributed by atoms with Crippen LogP contribution in [0.15, 0.2) is 41.6 Å². The number of aryl methyl sites for hydroxylation is 1. The van der Waals surface area contributed by atoms with Crippen molar-refractivity contribution in [3.63, 3.8) is 0 Å². The van der Waals surface area contributed by atoms with Gasteiger partial charge in [-0.1, -0.05) is 35.5 Å². The molecule has 120 valence electrons. The molecular weight excluding hydrogens is 344 g/mol. The Morgan fingerprint density at radius 2 is 2.08 bits per heavy atom. The molecule has 4 rings (SSSR count). The molecule has 5 nitrogen and oxygen atoms in total. The summed E-state index contributed by atoms with van der Waals surface area (Å²) in [6.45, 7) is 2.01. The van der Waals surface area contributed by atoms with E-state index in [0.29, 0.717) is 15.9 Å². The minimum Gasteiger partial charge on any atom is -0.333 e. The number of thioether (sulfide) groups is 1. The summed E-state index contributed by atoms with van der Waals surface area (Å²) in [6.07, 6.45) is 0. The number of hydrogen-bond acceptors (Lipinski definition) is 4. The van der Waals surface area contributed by atoms with E-state index in [2.05, 4.69) is 20.2 Å². The summed E-state index contributed by atoms with van der Waals surface area (Å²) in [4.78, 5) is 20.1. The molecular formula is C17H13ClN4OS. The lowest BCUT2D eigenvalue weighted by Crippen LogP contribution is -2.03. The summed E-state index contributed by atoms with van der Waals surface area (Å²) < 4.78 is 0. The second-order valence-electron chi connectivity index (χ2n) is 5.54. The second-order valence-corrected chi connectivity index (χ2v) is 6.94. The third kappa shape index (κ3) is 2.79. The molecule has 2 heterocycles. The van der Waals surface area contributed by atoms with Crippen molar-refractivity contribution in [3.05, 3.63) is 52.7 Å². The number of fused-ring (bicyclic) bond motifs is 2. The third-order valence-corrected chi connectivity index (χ3v) is 4.85. The fourth-order valence-electron chi connectivity index (χ4n) is 2.58. The molecule has 0 atom stereocenters. The molecule has 2 aromatic carbocycles. The maximum absolute atomic E-state index is 12.5. The number of H-pyrrole nitrogens is 2. The standard InChI is InChI=1S/C17H13ClN4OS/c1-9-2-4-11-13(6-9)21-22-16(11)15(23)8-24-17-19-12-5-3-10(18)7-14(12)20-17/h2-7H,8H2,1H3,(H,19,20)(H,21,22). The van der Waals surface area contributed by atoms with Crippen molar-refractivity contribution >= 4 is 51.1 Å². The average molecular weight is 357 g/mol. The number of carbonyl (C=O) groups is 1. The average Bonchev–Trinajstić information content (AvgIpc) is 3.15. The molecule has 0 radical (unpaired) electrons. The Morgan fingerprint density at radius 3 is 2.96 bits per heavy atom. The molecule has 0 saturated carbocycles. The van der Waals surface area contributed by atoms with Gasteiger partial charge in [0.05, 0.1) is 22.3 Å². The van der Waals surface area contributed by atoms with E-state index in [1.807, 2.05) is 37.3 Å². The fourth-order valence-corrected chi connectivity index (χ4v) is 3.50. The highest BCUT2D eigenvalue weighted by Crippen LogP contribution is 2.24. The highest BCUT2D eigenvalue weighted by atomic mass is 35.5. The molecule has 2 N–H and O–H groups in total. The predicted molar refractivity (Wildman–Crippen MR) is 97.0 cm³/mol. The normalized spacial score (nSPS) is 11.4. The number of hydrogen-bond donors (Lipinski definition) is 2. The Balaban J connectivity index is 1.54. The summed E-state index contributed by atoms with van der Waals surface area (Å²) in [5.74, 6) is 0.232. The van der Waals surface area contributed by atoms with Crippen LogP contribution in [-0.2, 0) is 0 Å². The number of ketones is 1. The number of imidazole rings is 1. The van der Waals surface area contributed by atoms with Crippen LogP contribution in [0.5, 0.6) is 0 Å². The molecule has 7 heteroatoms. The first kappa shape index (κ1) is 15.2. The number of nitrogens with one attached hydrogen (secondary N) is 2. The quantitative estimate of drug-likeness (QED) is 0.420. The van der Waals surface area contributed by atoms with Crippen LogP contribution in [0.2, 0.25) is 5.02 Å². The summed E-state index contributed by atoms with van der Waals surface area (Å²) in [7, 11) is 0. The van der Waals surface area contributed by atoms with Crippen LogP contribution in [0, 0.1) is 6.92 Å². The van der Waals surface area contributed by atoms with Crippen molar-refractivity contribution in [1.82, 2.24) is 20.2 Å². The molecule has 4 aromatic rings. The van der Waals surface area contributed by atoms with Crippen LogP contribution in [0.4, 0.5) is 0 Å². The van der Waals surface area contributed by atoms with Gasteiger partial charge in [0.2, 0.25) is 0 Å². The Hall–Kier alpha value is -2.31. The molecule has 0 aliphatic carbocycles. The molecule has 24 heavy (non-hydrogen) atoms. The van der Waals surface area contributed by atoms with Crippen molar-refractivity contribution in [3.8, 4) is 0 Å². The summed E-state index contributed by atoms with van der Waals surface area (Å²) in [6, 6.07) is 11.3. The van der Waals surface area contributed by atoms with Gasteiger partial charge in [-0.25, -0.2) is 4.98 Å². The van der Waals surface area contributed by atoms with Crippen molar-refractivity contribution in [1.29, 1.82) is 0 Å². The van der Waals surface area contributed by atoms with E-state index in [0.717, 1.165) is 27.5 Å². The Labute approximate surface area is 146 Å². The van der Waals surface area contributed by atoms with E-state index >= 15 is 0 Å². The molecule has 0 unspecified atom stereocenters. The van der Waals surface area contributed by atoms with Gasteiger partial charge in [-0.05, 0) is 36.8 Å². The van der Waals surface area contributed by atoms with Crippen LogP contribution < -0.4 is 0 Å². The molecule has 0 fully saturated rings. The van der Waals surface area contributed by atoms with Gasteiger partial charge in [0.15, 0.2) is 10.9 Å². The molecule has 0 amide bonds. The second kappa shape index (κ2) is 5.96. The van der Waals surface area contributed by atoms with Crippen LogP contribution in [-0.4, -0.2) is 31.7 Å². The highest BCUT2D eigenvalue weighted by Gasteiger charge is 2.15. The van der Waals surface area contributed by atoms with Gasteiger partial charge in [0.1, 0.15) is 5.69 Å². The SMILES string of the molecule is Cc1ccc2c(C(=O)CSc3nc4ccc(Cl)cc4[nH]3)n[nH]c2c1. The lowest BCUT2D eigenvalue weighted by Gasteiger charge is -1.97.